The Morgan fingerprint density at radius 2 is 1.87 bits per heavy atom. The minimum atomic E-state index is -0.0267. The summed E-state index contributed by atoms with van der Waals surface area (Å²) in [5.74, 6) is 1.88. The van der Waals surface area contributed by atoms with E-state index >= 15 is 0 Å². The number of hydrogen-bond donors (Lipinski definition) is 1. The highest BCUT2D eigenvalue weighted by Gasteiger charge is 2.24. The Hall–Kier alpha value is -2.50. The molecule has 1 heterocycles. The Bertz CT molecular complexity index is 752. The van der Waals surface area contributed by atoms with Crippen LogP contribution in [0.3, 0.4) is 0 Å². The third kappa shape index (κ3) is 6.51. The molecule has 6 nitrogen and oxygen atoms in total. The summed E-state index contributed by atoms with van der Waals surface area (Å²) >= 11 is 0. The Morgan fingerprint density at radius 3 is 2.53 bits per heavy atom. The summed E-state index contributed by atoms with van der Waals surface area (Å²) in [4.78, 5) is 27.2. The molecule has 1 aromatic carbocycles. The van der Waals surface area contributed by atoms with Gasteiger partial charge >= 0.3 is 0 Å². The number of rotatable bonds is 8. The zero-order valence-corrected chi connectivity index (χ0v) is 18.2. The van der Waals surface area contributed by atoms with Crippen LogP contribution in [0.4, 0.5) is 5.69 Å². The van der Waals surface area contributed by atoms with Crippen LogP contribution in [0.2, 0.25) is 0 Å². The summed E-state index contributed by atoms with van der Waals surface area (Å²) in [7, 11) is 3.17. The topological polar surface area (TPSA) is 67.9 Å². The molecule has 1 aromatic rings. The van der Waals surface area contributed by atoms with Crippen LogP contribution in [0, 0.1) is 5.92 Å². The highest BCUT2D eigenvalue weighted by Crippen LogP contribution is 2.27. The van der Waals surface area contributed by atoms with Gasteiger partial charge in [0.05, 0.1) is 14.2 Å². The zero-order valence-electron chi connectivity index (χ0n) is 18.2. The van der Waals surface area contributed by atoms with E-state index in [4.69, 9.17) is 9.47 Å². The summed E-state index contributed by atoms with van der Waals surface area (Å²) in [5.41, 5.74) is 1.97. The number of piperidine rings is 1. The Kier molecular flexibility index (Phi) is 8.17. The van der Waals surface area contributed by atoms with E-state index in [1.165, 1.54) is 18.4 Å². The molecule has 1 aliphatic heterocycles. The van der Waals surface area contributed by atoms with Crippen LogP contribution in [0.5, 0.6) is 11.5 Å². The van der Waals surface area contributed by atoms with Crippen LogP contribution in [0.1, 0.15) is 57.8 Å². The molecule has 0 bridgehead atoms. The van der Waals surface area contributed by atoms with Crippen molar-refractivity contribution in [3.63, 3.8) is 0 Å². The number of carbonyl (C=O) groups excluding carboxylic acids is 2. The predicted octanol–water partition coefficient (Wildman–Crippen LogP) is 4.55. The number of likely N-dealkylation sites (tertiary alicyclic amines) is 1. The van der Waals surface area contributed by atoms with Gasteiger partial charge in [0.2, 0.25) is 11.8 Å². The highest BCUT2D eigenvalue weighted by atomic mass is 16.5. The molecule has 3 rings (SSSR count). The molecule has 0 spiro atoms. The molecule has 1 fully saturated rings. The largest absolute Gasteiger partial charge is 0.497 e. The van der Waals surface area contributed by atoms with Crippen molar-refractivity contribution >= 4 is 17.5 Å². The zero-order chi connectivity index (χ0) is 21.3. The van der Waals surface area contributed by atoms with Crippen molar-refractivity contribution in [1.82, 2.24) is 4.90 Å². The summed E-state index contributed by atoms with van der Waals surface area (Å²) < 4.78 is 10.5. The third-order valence-electron chi connectivity index (χ3n) is 6.05. The lowest BCUT2D eigenvalue weighted by molar-refractivity contribution is -0.132. The molecule has 30 heavy (non-hydrogen) atoms. The second-order valence-electron chi connectivity index (χ2n) is 8.32. The van der Waals surface area contributed by atoms with Crippen molar-refractivity contribution < 1.29 is 19.1 Å². The monoisotopic (exact) mass is 414 g/mol. The quantitative estimate of drug-likeness (QED) is 0.634. The van der Waals surface area contributed by atoms with Crippen molar-refractivity contribution in [3.05, 3.63) is 29.8 Å². The van der Waals surface area contributed by atoms with Crippen LogP contribution < -0.4 is 14.8 Å². The van der Waals surface area contributed by atoms with Gasteiger partial charge in [-0.2, -0.15) is 0 Å². The predicted molar refractivity (Wildman–Crippen MR) is 118 cm³/mol. The van der Waals surface area contributed by atoms with E-state index in [2.05, 4.69) is 11.4 Å². The fourth-order valence-electron chi connectivity index (χ4n) is 4.34. The van der Waals surface area contributed by atoms with Crippen molar-refractivity contribution in [2.45, 2.75) is 57.8 Å². The number of hydrogen-bond acceptors (Lipinski definition) is 4. The second-order valence-corrected chi connectivity index (χ2v) is 8.32. The third-order valence-corrected chi connectivity index (χ3v) is 6.05. The fraction of sp³-hybridized carbons (Fsp3) is 0.583. The minimum Gasteiger partial charge on any atom is -0.497 e. The number of amides is 2. The van der Waals surface area contributed by atoms with Crippen LogP contribution in [-0.4, -0.2) is 44.0 Å². The number of ether oxygens (including phenoxy) is 2. The van der Waals surface area contributed by atoms with Gasteiger partial charge in [0.25, 0.3) is 0 Å². The average molecular weight is 415 g/mol. The van der Waals surface area contributed by atoms with Crippen LogP contribution >= 0.6 is 0 Å². The number of nitrogens with one attached hydrogen (secondary N) is 1. The maximum atomic E-state index is 12.7. The fourth-order valence-corrected chi connectivity index (χ4v) is 4.34. The summed E-state index contributed by atoms with van der Waals surface area (Å²) in [6.07, 6.45) is 10.8. The molecule has 2 aliphatic rings. The Labute approximate surface area is 179 Å². The van der Waals surface area contributed by atoms with E-state index in [-0.39, 0.29) is 11.8 Å². The lowest BCUT2D eigenvalue weighted by Gasteiger charge is -2.33. The molecule has 2 amide bonds. The molecule has 0 unspecified atom stereocenters. The molecule has 1 atom stereocenters. The lowest BCUT2D eigenvalue weighted by Crippen LogP contribution is -2.40. The van der Waals surface area contributed by atoms with Crippen molar-refractivity contribution in [2.24, 2.45) is 5.92 Å². The van der Waals surface area contributed by atoms with Crippen LogP contribution in [-0.2, 0) is 9.59 Å². The Balaban J connectivity index is 1.46. The van der Waals surface area contributed by atoms with Gasteiger partial charge in [-0.05, 0) is 50.9 Å². The van der Waals surface area contributed by atoms with Gasteiger partial charge in [0.15, 0.2) is 0 Å². The van der Waals surface area contributed by atoms with Crippen molar-refractivity contribution in [2.75, 3.05) is 32.6 Å². The van der Waals surface area contributed by atoms with Gasteiger partial charge in [-0.3, -0.25) is 9.59 Å². The molecule has 0 aromatic heterocycles. The molecule has 1 aliphatic carbocycles. The highest BCUT2D eigenvalue weighted by molar-refractivity contribution is 5.91. The number of benzene rings is 1. The van der Waals surface area contributed by atoms with Crippen LogP contribution in [0.15, 0.2) is 29.8 Å². The maximum absolute atomic E-state index is 12.7. The van der Waals surface area contributed by atoms with Gasteiger partial charge in [-0.1, -0.05) is 11.6 Å². The standard InChI is InChI=1S/C24H34N2O4/c1-29-21-14-20(15-22(16-21)30-2)25-23(27)11-10-19-9-6-12-26(17-19)24(28)13-18-7-4-3-5-8-18/h7,14-16,19H,3-6,8-13,17H2,1-2H3,(H,25,27)/t19-/m0/s1. The van der Waals surface area contributed by atoms with E-state index in [0.717, 1.165) is 45.2 Å². The normalized spacial score (nSPS) is 19.1. The van der Waals surface area contributed by atoms with Crippen LogP contribution in [0.25, 0.3) is 0 Å². The lowest BCUT2D eigenvalue weighted by atomic mass is 9.92. The number of nitrogens with zero attached hydrogens (tertiary/aromatic N) is 1. The number of anilines is 1. The first-order chi connectivity index (χ1) is 14.6. The molecule has 0 radical (unpaired) electrons. The van der Waals surface area contributed by atoms with E-state index in [1.807, 2.05) is 4.90 Å². The molecule has 6 heteroatoms. The van der Waals surface area contributed by atoms with E-state index in [0.29, 0.717) is 35.9 Å². The average Bonchev–Trinajstić information content (AvgIpc) is 2.78. The van der Waals surface area contributed by atoms with E-state index < -0.39 is 0 Å². The first-order valence-electron chi connectivity index (χ1n) is 11.1. The molecule has 1 saturated heterocycles. The number of methoxy groups -OCH3 is 2. The van der Waals surface area contributed by atoms with Gasteiger partial charge < -0.3 is 19.7 Å². The summed E-state index contributed by atoms with van der Waals surface area (Å²) in [5, 5.41) is 2.93. The number of carbonyl (C=O) groups is 2. The maximum Gasteiger partial charge on any atom is 0.226 e. The van der Waals surface area contributed by atoms with E-state index in [1.54, 1.807) is 32.4 Å². The molecular formula is C24H34N2O4. The van der Waals surface area contributed by atoms with Gasteiger partial charge in [0.1, 0.15) is 11.5 Å². The summed E-state index contributed by atoms with van der Waals surface area (Å²) in [6, 6.07) is 5.33. The Morgan fingerprint density at radius 1 is 1.10 bits per heavy atom. The molecule has 1 N–H and O–H groups in total. The first kappa shape index (κ1) is 22.2. The van der Waals surface area contributed by atoms with E-state index in [9.17, 15) is 9.59 Å². The SMILES string of the molecule is COc1cc(NC(=O)CC[C@@H]2CCCN(C(=O)CC3=CCCCC3)C2)cc(OC)c1. The number of allylic oxidation sites excluding steroid dienone is 1. The summed E-state index contributed by atoms with van der Waals surface area (Å²) in [6.45, 7) is 1.62. The second kappa shape index (κ2) is 11.0. The van der Waals surface area contributed by atoms with Gasteiger partial charge in [-0.25, -0.2) is 0 Å². The van der Waals surface area contributed by atoms with Crippen molar-refractivity contribution in [1.29, 1.82) is 0 Å². The smallest absolute Gasteiger partial charge is 0.226 e. The molecule has 164 valence electrons. The first-order valence-corrected chi connectivity index (χ1v) is 11.1. The van der Waals surface area contributed by atoms with Crippen molar-refractivity contribution in [3.8, 4) is 11.5 Å². The molecular weight excluding hydrogens is 380 g/mol. The minimum absolute atomic E-state index is 0.0267. The van der Waals surface area contributed by atoms with Gasteiger partial charge in [0, 0.05) is 49.8 Å². The molecule has 0 saturated carbocycles. The van der Waals surface area contributed by atoms with Gasteiger partial charge in [-0.15, -0.1) is 0 Å².